The summed E-state index contributed by atoms with van der Waals surface area (Å²) in [5.41, 5.74) is 6.74. The van der Waals surface area contributed by atoms with Gasteiger partial charge in [-0.2, -0.15) is 0 Å². The first-order chi connectivity index (χ1) is 9.99. The molecule has 3 nitrogen and oxygen atoms in total. The van der Waals surface area contributed by atoms with Crippen LogP contribution < -0.4 is 11.1 Å². The second-order valence-corrected chi connectivity index (χ2v) is 4.78. The van der Waals surface area contributed by atoms with E-state index in [2.05, 4.69) is 5.32 Å². The molecule has 0 radical (unpaired) electrons. The number of nitrogens with two attached hydrogens (primary N) is 1. The fraction of sp³-hybridized carbons (Fsp3) is 0.188. The van der Waals surface area contributed by atoms with Crippen molar-refractivity contribution >= 4 is 5.91 Å². The zero-order valence-corrected chi connectivity index (χ0v) is 11.5. The number of carbonyl (C=O) groups is 1. The first-order valence-corrected chi connectivity index (χ1v) is 6.55. The molecular formula is C16H16F2N2O. The maximum Gasteiger partial charge on any atom is 0.241 e. The molecule has 2 atom stereocenters. The Morgan fingerprint density at radius 2 is 1.81 bits per heavy atom. The van der Waals surface area contributed by atoms with Crippen molar-refractivity contribution in [2.45, 2.75) is 19.0 Å². The van der Waals surface area contributed by atoms with Gasteiger partial charge in [-0.3, -0.25) is 4.79 Å². The van der Waals surface area contributed by atoms with Crippen LogP contribution in [0.25, 0.3) is 0 Å². The Morgan fingerprint density at radius 1 is 1.14 bits per heavy atom. The molecule has 21 heavy (non-hydrogen) atoms. The van der Waals surface area contributed by atoms with Gasteiger partial charge in [-0.1, -0.05) is 36.4 Å². The summed E-state index contributed by atoms with van der Waals surface area (Å²) >= 11 is 0. The molecule has 0 saturated carbocycles. The van der Waals surface area contributed by atoms with E-state index in [0.29, 0.717) is 5.56 Å². The summed E-state index contributed by atoms with van der Waals surface area (Å²) in [5, 5.41) is 2.63. The topological polar surface area (TPSA) is 55.1 Å². The molecule has 0 saturated heterocycles. The number of amides is 1. The Labute approximate surface area is 121 Å². The first kappa shape index (κ1) is 15.1. The highest BCUT2D eigenvalue weighted by atomic mass is 19.1. The highest BCUT2D eigenvalue weighted by Gasteiger charge is 2.19. The number of carbonyl (C=O) groups excluding carboxylic acids is 1. The molecule has 110 valence electrons. The normalized spacial score (nSPS) is 13.5. The molecule has 0 fully saturated rings. The van der Waals surface area contributed by atoms with Crippen molar-refractivity contribution in [1.82, 2.24) is 5.32 Å². The van der Waals surface area contributed by atoms with Crippen molar-refractivity contribution in [3.63, 3.8) is 0 Å². The average molecular weight is 290 g/mol. The monoisotopic (exact) mass is 290 g/mol. The number of rotatable bonds is 4. The Bertz CT molecular complexity index is 631. The quantitative estimate of drug-likeness (QED) is 0.909. The van der Waals surface area contributed by atoms with E-state index in [1.54, 1.807) is 31.2 Å². The smallest absolute Gasteiger partial charge is 0.241 e. The predicted octanol–water partition coefficient (Wildman–Crippen LogP) is 2.84. The largest absolute Gasteiger partial charge is 0.348 e. The van der Waals surface area contributed by atoms with Gasteiger partial charge in [0.05, 0.1) is 6.04 Å². The van der Waals surface area contributed by atoms with Gasteiger partial charge < -0.3 is 11.1 Å². The average Bonchev–Trinajstić information content (AvgIpc) is 2.47. The number of nitrogens with one attached hydrogen (secondary N) is 1. The predicted molar refractivity (Wildman–Crippen MR) is 76.3 cm³/mol. The molecule has 0 aliphatic heterocycles. The van der Waals surface area contributed by atoms with Gasteiger partial charge in [-0.25, -0.2) is 8.78 Å². The van der Waals surface area contributed by atoms with Crippen molar-refractivity contribution < 1.29 is 13.6 Å². The number of benzene rings is 2. The van der Waals surface area contributed by atoms with Crippen LogP contribution in [0.3, 0.4) is 0 Å². The third-order valence-electron chi connectivity index (χ3n) is 3.23. The number of halogens is 2. The summed E-state index contributed by atoms with van der Waals surface area (Å²) in [5.74, 6) is -1.77. The summed E-state index contributed by atoms with van der Waals surface area (Å²) in [7, 11) is 0. The first-order valence-electron chi connectivity index (χ1n) is 6.55. The van der Waals surface area contributed by atoms with E-state index in [9.17, 15) is 13.6 Å². The lowest BCUT2D eigenvalue weighted by molar-refractivity contribution is -0.123. The third kappa shape index (κ3) is 3.64. The summed E-state index contributed by atoms with van der Waals surface area (Å²) < 4.78 is 26.5. The Kier molecular flexibility index (Phi) is 4.65. The van der Waals surface area contributed by atoms with Gasteiger partial charge in [0.2, 0.25) is 5.91 Å². The maximum absolute atomic E-state index is 13.7. The maximum atomic E-state index is 13.7. The van der Waals surface area contributed by atoms with E-state index in [4.69, 9.17) is 5.73 Å². The van der Waals surface area contributed by atoms with Gasteiger partial charge in [0.1, 0.15) is 17.7 Å². The van der Waals surface area contributed by atoms with Crippen LogP contribution in [-0.2, 0) is 4.79 Å². The van der Waals surface area contributed by atoms with Crippen LogP contribution in [0, 0.1) is 11.6 Å². The van der Waals surface area contributed by atoms with Crippen LogP contribution in [-0.4, -0.2) is 5.91 Å². The van der Waals surface area contributed by atoms with Crippen LogP contribution in [0.5, 0.6) is 0 Å². The lowest BCUT2D eigenvalue weighted by Gasteiger charge is -2.18. The van der Waals surface area contributed by atoms with Crippen molar-refractivity contribution in [2.75, 3.05) is 0 Å². The SMILES string of the molecule is CC(NC(=O)[C@@H](N)c1ccccc1)c1ccc(F)cc1F. The fourth-order valence-corrected chi connectivity index (χ4v) is 2.05. The minimum Gasteiger partial charge on any atom is -0.348 e. The molecule has 0 bridgehead atoms. The fourth-order valence-electron chi connectivity index (χ4n) is 2.05. The van der Waals surface area contributed by atoms with Crippen LogP contribution in [0.4, 0.5) is 8.78 Å². The van der Waals surface area contributed by atoms with Crippen molar-refractivity contribution in [1.29, 1.82) is 0 Å². The van der Waals surface area contributed by atoms with E-state index in [0.717, 1.165) is 12.1 Å². The van der Waals surface area contributed by atoms with Crippen LogP contribution in [0.2, 0.25) is 0 Å². The molecule has 5 heteroatoms. The lowest BCUT2D eigenvalue weighted by Crippen LogP contribution is -2.36. The molecule has 1 unspecified atom stereocenters. The van der Waals surface area contributed by atoms with Gasteiger partial charge in [0.15, 0.2) is 0 Å². The third-order valence-corrected chi connectivity index (χ3v) is 3.23. The van der Waals surface area contributed by atoms with E-state index < -0.39 is 29.6 Å². The van der Waals surface area contributed by atoms with E-state index in [1.807, 2.05) is 6.07 Å². The molecule has 1 amide bonds. The second kappa shape index (κ2) is 6.45. The van der Waals surface area contributed by atoms with Crippen molar-refractivity contribution in [2.24, 2.45) is 5.73 Å². The van der Waals surface area contributed by atoms with E-state index in [-0.39, 0.29) is 5.56 Å². The van der Waals surface area contributed by atoms with Crippen LogP contribution >= 0.6 is 0 Å². The van der Waals surface area contributed by atoms with Crippen LogP contribution in [0.1, 0.15) is 30.1 Å². The van der Waals surface area contributed by atoms with Gasteiger partial charge in [0.25, 0.3) is 0 Å². The highest BCUT2D eigenvalue weighted by molar-refractivity contribution is 5.83. The van der Waals surface area contributed by atoms with Gasteiger partial charge in [0, 0.05) is 11.6 Å². The summed E-state index contributed by atoms with van der Waals surface area (Å²) in [4.78, 5) is 12.1. The highest BCUT2D eigenvalue weighted by Crippen LogP contribution is 2.19. The molecule has 3 N–H and O–H groups in total. The summed E-state index contributed by atoms with van der Waals surface area (Å²) in [6.07, 6.45) is 0. The molecule has 0 aromatic heterocycles. The molecule has 0 aliphatic rings. The summed E-state index contributed by atoms with van der Waals surface area (Å²) in [6, 6.07) is 10.7. The molecule has 2 aromatic rings. The molecule has 0 heterocycles. The second-order valence-electron chi connectivity index (χ2n) is 4.78. The minimum atomic E-state index is -0.836. The number of hydrogen-bond acceptors (Lipinski definition) is 2. The standard InChI is InChI=1S/C16H16F2N2O/c1-10(13-8-7-12(17)9-14(13)18)20-16(21)15(19)11-5-3-2-4-6-11/h2-10,15H,19H2,1H3,(H,20,21)/t10?,15-/m0/s1. The minimum absolute atomic E-state index is 0.213. The number of hydrogen-bond donors (Lipinski definition) is 2. The Balaban J connectivity index is 2.08. The summed E-state index contributed by atoms with van der Waals surface area (Å²) in [6.45, 7) is 1.62. The Hall–Kier alpha value is -2.27. The molecular weight excluding hydrogens is 274 g/mol. The van der Waals surface area contributed by atoms with Crippen molar-refractivity contribution in [3.8, 4) is 0 Å². The van der Waals surface area contributed by atoms with Crippen LogP contribution in [0.15, 0.2) is 48.5 Å². The van der Waals surface area contributed by atoms with E-state index in [1.165, 1.54) is 6.07 Å². The molecule has 0 aliphatic carbocycles. The molecule has 2 rings (SSSR count). The zero-order chi connectivity index (χ0) is 15.4. The molecule has 2 aromatic carbocycles. The van der Waals surface area contributed by atoms with Gasteiger partial charge in [-0.05, 0) is 18.6 Å². The van der Waals surface area contributed by atoms with E-state index >= 15 is 0 Å². The zero-order valence-electron chi connectivity index (χ0n) is 11.5. The Morgan fingerprint density at radius 3 is 2.43 bits per heavy atom. The van der Waals surface area contributed by atoms with Gasteiger partial charge >= 0.3 is 0 Å². The molecule has 0 spiro atoms. The van der Waals surface area contributed by atoms with Crippen molar-refractivity contribution in [3.05, 3.63) is 71.3 Å². The lowest BCUT2D eigenvalue weighted by atomic mass is 10.0. The van der Waals surface area contributed by atoms with Gasteiger partial charge in [-0.15, -0.1) is 0 Å².